The molecule has 1 aromatic carbocycles. The Morgan fingerprint density at radius 3 is 2.59 bits per heavy atom. The molecule has 4 saturated carbocycles. The predicted molar refractivity (Wildman–Crippen MR) is 118 cm³/mol. The number of aromatic nitrogens is 2. The molecule has 1 heterocycles. The van der Waals surface area contributed by atoms with Crippen LogP contribution in [0.3, 0.4) is 0 Å². The van der Waals surface area contributed by atoms with Gasteiger partial charge in [-0.05, 0) is 61.3 Å². The van der Waals surface area contributed by atoms with E-state index in [4.69, 9.17) is 0 Å². The maximum Gasteiger partial charge on any atom is 0.573 e. The Morgan fingerprint density at radius 2 is 1.88 bits per heavy atom. The molecule has 2 unspecified atom stereocenters. The van der Waals surface area contributed by atoms with Crippen molar-refractivity contribution in [1.82, 2.24) is 9.97 Å². The Hall–Kier alpha value is -3.06. The van der Waals surface area contributed by atoms with Gasteiger partial charge in [0, 0.05) is 18.7 Å². The second-order valence-corrected chi connectivity index (χ2v) is 9.89. The number of hydrogen-bond acceptors (Lipinski definition) is 7. The van der Waals surface area contributed by atoms with Crippen molar-refractivity contribution in [1.29, 1.82) is 5.26 Å². The van der Waals surface area contributed by atoms with Crippen molar-refractivity contribution in [3.63, 3.8) is 0 Å². The molecule has 34 heavy (non-hydrogen) atoms. The summed E-state index contributed by atoms with van der Waals surface area (Å²) in [5, 5.41) is 26.3. The van der Waals surface area contributed by atoms with E-state index < -0.39 is 6.36 Å². The van der Waals surface area contributed by atoms with E-state index in [0.29, 0.717) is 41.2 Å². The van der Waals surface area contributed by atoms with Crippen LogP contribution >= 0.6 is 0 Å². The first-order chi connectivity index (χ1) is 16.2. The van der Waals surface area contributed by atoms with Crippen molar-refractivity contribution in [3.05, 3.63) is 41.6 Å². The quantitative estimate of drug-likeness (QED) is 0.546. The minimum atomic E-state index is -4.79. The lowest BCUT2D eigenvalue weighted by Gasteiger charge is -2.59. The number of nitrogens with one attached hydrogen (secondary N) is 2. The summed E-state index contributed by atoms with van der Waals surface area (Å²) in [5.74, 6) is 1.66. The highest BCUT2D eigenvalue weighted by atomic mass is 19.4. The highest BCUT2D eigenvalue weighted by Gasteiger charge is 2.54. The molecule has 0 aliphatic heterocycles. The van der Waals surface area contributed by atoms with Gasteiger partial charge in [-0.3, -0.25) is 0 Å². The van der Waals surface area contributed by atoms with Crippen molar-refractivity contribution in [2.75, 3.05) is 17.2 Å². The SMILES string of the molecule is N#Cc1cnc(NCc2ccccc2OC(F)(F)F)nc1NC[C@]12CC3C[C@H](C1)C(O)[C@@H](C3)C2. The molecule has 0 amide bonds. The molecule has 4 bridgehead atoms. The minimum absolute atomic E-state index is 0.0183. The Morgan fingerprint density at radius 1 is 1.15 bits per heavy atom. The van der Waals surface area contributed by atoms with Crippen molar-refractivity contribution in [2.45, 2.75) is 51.1 Å². The van der Waals surface area contributed by atoms with Gasteiger partial charge < -0.3 is 20.5 Å². The molecule has 3 N–H and O–H groups in total. The summed E-state index contributed by atoms with van der Waals surface area (Å²) >= 11 is 0. The third-order valence-electron chi connectivity index (χ3n) is 7.53. The number of nitriles is 1. The van der Waals surface area contributed by atoms with Crippen LogP contribution in [0.25, 0.3) is 0 Å². The molecule has 180 valence electrons. The van der Waals surface area contributed by atoms with Crippen molar-refractivity contribution in [3.8, 4) is 11.8 Å². The predicted octanol–water partition coefficient (Wildman–Crippen LogP) is 4.46. The maximum atomic E-state index is 12.7. The van der Waals surface area contributed by atoms with Crippen LogP contribution in [0, 0.1) is 34.5 Å². The van der Waals surface area contributed by atoms with Crippen LogP contribution in [0.2, 0.25) is 0 Å². The van der Waals surface area contributed by atoms with Gasteiger partial charge >= 0.3 is 6.36 Å². The van der Waals surface area contributed by atoms with Crippen LogP contribution < -0.4 is 15.4 Å². The lowest BCUT2D eigenvalue weighted by atomic mass is 9.48. The molecule has 6 rings (SSSR count). The average molecular weight is 473 g/mol. The van der Waals surface area contributed by atoms with Gasteiger partial charge in [0.05, 0.1) is 12.3 Å². The van der Waals surface area contributed by atoms with E-state index in [1.807, 2.05) is 0 Å². The number of halogens is 3. The first-order valence-corrected chi connectivity index (χ1v) is 11.5. The molecule has 0 spiro atoms. The Balaban J connectivity index is 1.28. The number of anilines is 2. The van der Waals surface area contributed by atoms with Gasteiger partial charge in [0.15, 0.2) is 0 Å². The van der Waals surface area contributed by atoms with Crippen molar-refractivity contribution in [2.24, 2.45) is 23.2 Å². The molecule has 4 aliphatic rings. The molecule has 7 nitrogen and oxygen atoms in total. The molecule has 4 fully saturated rings. The number of nitrogens with zero attached hydrogens (tertiary/aromatic N) is 3. The van der Waals surface area contributed by atoms with E-state index in [2.05, 4.69) is 31.4 Å². The normalized spacial score (nSPS) is 29.5. The first-order valence-electron chi connectivity index (χ1n) is 11.5. The van der Waals surface area contributed by atoms with E-state index >= 15 is 0 Å². The largest absolute Gasteiger partial charge is 0.573 e. The third-order valence-corrected chi connectivity index (χ3v) is 7.53. The fourth-order valence-electron chi connectivity index (χ4n) is 6.39. The summed E-state index contributed by atoms with van der Waals surface area (Å²) in [5.41, 5.74) is 0.694. The molecule has 0 radical (unpaired) electrons. The van der Waals surface area contributed by atoms with Crippen LogP contribution in [-0.4, -0.2) is 34.1 Å². The maximum absolute atomic E-state index is 12.7. The number of alkyl halides is 3. The monoisotopic (exact) mass is 473 g/mol. The number of aliphatic hydroxyl groups excluding tert-OH is 1. The van der Waals surface area contributed by atoms with E-state index in [-0.39, 0.29) is 29.8 Å². The number of para-hydroxylation sites is 1. The van der Waals surface area contributed by atoms with Crippen LogP contribution in [0.1, 0.15) is 43.2 Å². The fraction of sp³-hybridized carbons (Fsp3) is 0.542. The van der Waals surface area contributed by atoms with E-state index in [1.165, 1.54) is 24.4 Å². The summed E-state index contributed by atoms with van der Waals surface area (Å²) < 4.78 is 42.1. The highest BCUT2D eigenvalue weighted by molar-refractivity contribution is 5.53. The molecule has 4 aliphatic carbocycles. The number of aliphatic hydroxyl groups is 1. The summed E-state index contributed by atoms with van der Waals surface area (Å²) in [6.45, 7) is 0.682. The molecular weight excluding hydrogens is 447 g/mol. The topological polar surface area (TPSA) is 103 Å². The zero-order valence-electron chi connectivity index (χ0n) is 18.5. The van der Waals surface area contributed by atoms with Crippen molar-refractivity contribution >= 4 is 11.8 Å². The third kappa shape index (κ3) is 4.62. The van der Waals surface area contributed by atoms with Gasteiger partial charge in [0.2, 0.25) is 5.95 Å². The number of hydrogen-bond donors (Lipinski definition) is 3. The Labute approximate surface area is 195 Å². The zero-order chi connectivity index (χ0) is 23.9. The number of ether oxygens (including phenoxy) is 1. The van der Waals surface area contributed by atoms with Gasteiger partial charge in [-0.2, -0.15) is 10.2 Å². The molecule has 0 saturated heterocycles. The molecule has 10 heteroatoms. The number of rotatable bonds is 7. The van der Waals surface area contributed by atoms with Gasteiger partial charge in [0.1, 0.15) is 23.2 Å². The van der Waals surface area contributed by atoms with E-state index in [9.17, 15) is 23.5 Å². The minimum Gasteiger partial charge on any atom is -0.405 e. The second-order valence-electron chi connectivity index (χ2n) is 9.89. The van der Waals surface area contributed by atoms with Gasteiger partial charge in [-0.1, -0.05) is 18.2 Å². The summed E-state index contributed by atoms with van der Waals surface area (Å²) in [4.78, 5) is 8.56. The second kappa shape index (κ2) is 8.62. The smallest absolute Gasteiger partial charge is 0.405 e. The van der Waals surface area contributed by atoms with Gasteiger partial charge in [-0.15, -0.1) is 13.2 Å². The van der Waals surface area contributed by atoms with Crippen LogP contribution in [0.15, 0.2) is 30.5 Å². The Bertz CT molecular complexity index is 1090. The van der Waals surface area contributed by atoms with Gasteiger partial charge in [-0.25, -0.2) is 4.98 Å². The van der Waals surface area contributed by atoms with Crippen LogP contribution in [-0.2, 0) is 6.54 Å². The zero-order valence-corrected chi connectivity index (χ0v) is 18.5. The summed E-state index contributed by atoms with van der Waals surface area (Å²) in [7, 11) is 0. The average Bonchev–Trinajstić information content (AvgIpc) is 2.79. The van der Waals surface area contributed by atoms with E-state index in [1.54, 1.807) is 6.07 Å². The molecule has 2 aromatic rings. The number of benzene rings is 1. The molecular formula is C24H26F3N5O2. The van der Waals surface area contributed by atoms with E-state index in [0.717, 1.165) is 32.1 Å². The fourth-order valence-corrected chi connectivity index (χ4v) is 6.39. The summed E-state index contributed by atoms with van der Waals surface area (Å²) in [6.07, 6.45) is 1.69. The van der Waals surface area contributed by atoms with Gasteiger partial charge in [0.25, 0.3) is 0 Å². The first kappa shape index (κ1) is 22.7. The van der Waals surface area contributed by atoms with Crippen molar-refractivity contribution < 1.29 is 23.0 Å². The molecule has 5 atom stereocenters. The van der Waals surface area contributed by atoms with Crippen LogP contribution in [0.4, 0.5) is 24.9 Å². The van der Waals surface area contributed by atoms with Crippen LogP contribution in [0.5, 0.6) is 5.75 Å². The highest BCUT2D eigenvalue weighted by Crippen LogP contribution is 2.60. The lowest BCUT2D eigenvalue weighted by Crippen LogP contribution is -2.55. The standard InChI is InChI=1S/C24H26F3N5O2/c25-24(26,27)34-19-4-2-1-3-15(19)11-29-22-30-12-18(10-28)21(32-22)31-13-23-7-14-5-16(8-23)20(33)17(6-14)9-23/h1-4,12,14,16-17,20,33H,5-9,11,13H2,(H2,29,30,31,32)/t14?,16-,17+,20?,23-. The molecule has 1 aromatic heterocycles. The summed E-state index contributed by atoms with van der Waals surface area (Å²) in [6, 6.07) is 7.96. The Kier molecular flexibility index (Phi) is 5.76. The lowest BCUT2D eigenvalue weighted by molar-refractivity contribution is -0.274.